The van der Waals surface area contributed by atoms with E-state index in [0.717, 1.165) is 18.3 Å². The zero-order valence-electron chi connectivity index (χ0n) is 14.7. The molecule has 0 saturated carbocycles. The van der Waals surface area contributed by atoms with Gasteiger partial charge in [0, 0.05) is 37.3 Å². The van der Waals surface area contributed by atoms with E-state index in [0.29, 0.717) is 18.0 Å². The molecule has 2 rings (SSSR count). The minimum Gasteiger partial charge on any atom is -0.469 e. The van der Waals surface area contributed by atoms with Crippen LogP contribution in [0.2, 0.25) is 0 Å². The number of nitrogens with zero attached hydrogens (tertiary/aromatic N) is 2. The van der Waals surface area contributed by atoms with Crippen molar-refractivity contribution in [2.45, 2.75) is 11.8 Å². The average Bonchev–Trinajstić information content (AvgIpc) is 2.97. The Labute approximate surface area is 169 Å². The number of benzene rings is 1. The van der Waals surface area contributed by atoms with Crippen molar-refractivity contribution >= 4 is 47.7 Å². The number of hydrogen-bond acceptors (Lipinski definition) is 4. The maximum Gasteiger partial charge on any atom is 0.310 e. The molecule has 0 aliphatic carbocycles. The first-order valence-electron chi connectivity index (χ1n) is 7.97. The van der Waals surface area contributed by atoms with Gasteiger partial charge in [-0.15, -0.1) is 35.7 Å². The number of hydrogen-bond donors (Lipinski definition) is 1. The highest BCUT2D eigenvalue weighted by Crippen LogP contribution is 2.24. The number of halogens is 2. The molecule has 2 unspecified atom stereocenters. The quantitative estimate of drug-likeness (QED) is 0.175. The Bertz CT molecular complexity index is 603. The number of methoxy groups -OCH3 is 1. The van der Waals surface area contributed by atoms with Gasteiger partial charge in [-0.25, -0.2) is 4.39 Å². The molecule has 0 radical (unpaired) electrons. The van der Waals surface area contributed by atoms with Gasteiger partial charge in [0.2, 0.25) is 0 Å². The summed E-state index contributed by atoms with van der Waals surface area (Å²) in [6.07, 6.45) is 0. The molecule has 1 aliphatic rings. The SMILES string of the molecule is CN=C(NCCSc1ccccc1F)N1CC(C)C(C(=O)OC)C1.I. The smallest absolute Gasteiger partial charge is 0.310 e. The Hall–Kier alpha value is -1.03. The van der Waals surface area contributed by atoms with Crippen LogP contribution in [0, 0.1) is 17.7 Å². The molecule has 0 bridgehead atoms. The molecule has 1 saturated heterocycles. The van der Waals surface area contributed by atoms with Crippen molar-refractivity contribution in [3.05, 3.63) is 30.1 Å². The zero-order chi connectivity index (χ0) is 17.5. The van der Waals surface area contributed by atoms with Gasteiger partial charge >= 0.3 is 5.97 Å². The summed E-state index contributed by atoms with van der Waals surface area (Å²) in [5.41, 5.74) is 0. The second-order valence-electron chi connectivity index (χ2n) is 5.76. The molecular formula is C17H25FIN3O2S. The molecule has 1 fully saturated rings. The Kier molecular flexibility index (Phi) is 9.55. The average molecular weight is 481 g/mol. The number of esters is 1. The Morgan fingerprint density at radius 1 is 1.44 bits per heavy atom. The van der Waals surface area contributed by atoms with E-state index in [9.17, 15) is 9.18 Å². The van der Waals surface area contributed by atoms with Crippen molar-refractivity contribution in [2.75, 3.05) is 39.5 Å². The summed E-state index contributed by atoms with van der Waals surface area (Å²) in [4.78, 5) is 18.8. The topological polar surface area (TPSA) is 53.9 Å². The van der Waals surface area contributed by atoms with Gasteiger partial charge < -0.3 is 15.0 Å². The van der Waals surface area contributed by atoms with Crippen LogP contribution < -0.4 is 5.32 Å². The predicted molar refractivity (Wildman–Crippen MR) is 110 cm³/mol. The molecule has 1 aromatic rings. The van der Waals surface area contributed by atoms with Gasteiger partial charge in [0.15, 0.2) is 5.96 Å². The molecule has 1 aliphatic heterocycles. The molecule has 0 aromatic heterocycles. The van der Waals surface area contributed by atoms with E-state index in [4.69, 9.17) is 4.74 Å². The van der Waals surface area contributed by atoms with Crippen LogP contribution in [0.25, 0.3) is 0 Å². The number of rotatable bonds is 5. The molecular weight excluding hydrogens is 456 g/mol. The van der Waals surface area contributed by atoms with Crippen LogP contribution in [0.15, 0.2) is 34.2 Å². The second-order valence-corrected chi connectivity index (χ2v) is 6.90. The molecule has 0 spiro atoms. The first-order valence-corrected chi connectivity index (χ1v) is 8.96. The largest absolute Gasteiger partial charge is 0.469 e. The third-order valence-electron chi connectivity index (χ3n) is 4.11. The lowest BCUT2D eigenvalue weighted by molar-refractivity contribution is -0.145. The number of carbonyl (C=O) groups excluding carboxylic acids is 1. The van der Waals surface area contributed by atoms with E-state index in [2.05, 4.69) is 15.2 Å². The number of ether oxygens (including phenoxy) is 1. The van der Waals surface area contributed by atoms with Crippen LogP contribution in [0.1, 0.15) is 6.92 Å². The molecule has 1 N–H and O–H groups in total. The first kappa shape index (κ1) is 22.0. The Morgan fingerprint density at radius 2 is 2.16 bits per heavy atom. The number of thioether (sulfide) groups is 1. The highest BCUT2D eigenvalue weighted by molar-refractivity contribution is 14.0. The van der Waals surface area contributed by atoms with Crippen LogP contribution >= 0.6 is 35.7 Å². The molecule has 140 valence electrons. The standard InChI is InChI=1S/C17H24FN3O2S.HI/c1-12-10-21(11-13(12)16(22)23-3)17(19-2)20-8-9-24-15-7-5-4-6-14(15)18;/h4-7,12-13H,8-11H2,1-3H3,(H,19,20);1H. The summed E-state index contributed by atoms with van der Waals surface area (Å²) >= 11 is 1.47. The van der Waals surface area contributed by atoms with E-state index < -0.39 is 0 Å². The van der Waals surface area contributed by atoms with Gasteiger partial charge in [-0.05, 0) is 18.1 Å². The van der Waals surface area contributed by atoms with Gasteiger partial charge in [-0.3, -0.25) is 9.79 Å². The van der Waals surface area contributed by atoms with Crippen LogP contribution in [0.4, 0.5) is 4.39 Å². The fourth-order valence-corrected chi connectivity index (χ4v) is 3.62. The first-order chi connectivity index (χ1) is 11.6. The summed E-state index contributed by atoms with van der Waals surface area (Å²) < 4.78 is 18.4. The van der Waals surface area contributed by atoms with Crippen LogP contribution in [0.5, 0.6) is 0 Å². The summed E-state index contributed by atoms with van der Waals surface area (Å²) in [5.74, 6) is 1.23. The lowest BCUT2D eigenvalue weighted by Crippen LogP contribution is -2.41. The van der Waals surface area contributed by atoms with E-state index >= 15 is 0 Å². The van der Waals surface area contributed by atoms with Gasteiger partial charge in [0.05, 0.1) is 13.0 Å². The van der Waals surface area contributed by atoms with E-state index in [1.807, 2.05) is 13.0 Å². The van der Waals surface area contributed by atoms with Crippen molar-refractivity contribution in [1.29, 1.82) is 0 Å². The summed E-state index contributed by atoms with van der Waals surface area (Å²) in [5, 5.41) is 3.28. The molecule has 2 atom stereocenters. The van der Waals surface area contributed by atoms with E-state index in [-0.39, 0.29) is 47.6 Å². The molecule has 25 heavy (non-hydrogen) atoms. The number of aliphatic imine (C=N–C) groups is 1. The Balaban J connectivity index is 0.00000312. The normalized spacial score (nSPS) is 20.2. The Morgan fingerprint density at radius 3 is 2.80 bits per heavy atom. The number of likely N-dealkylation sites (tertiary alicyclic amines) is 1. The van der Waals surface area contributed by atoms with Gasteiger partial charge in [-0.2, -0.15) is 0 Å². The van der Waals surface area contributed by atoms with E-state index in [1.165, 1.54) is 24.9 Å². The molecule has 1 aromatic carbocycles. The van der Waals surface area contributed by atoms with E-state index in [1.54, 1.807) is 19.2 Å². The third kappa shape index (κ3) is 6.02. The van der Waals surface area contributed by atoms with Crippen LogP contribution in [-0.2, 0) is 9.53 Å². The van der Waals surface area contributed by atoms with Crippen molar-refractivity contribution in [2.24, 2.45) is 16.8 Å². The maximum atomic E-state index is 13.6. The van der Waals surface area contributed by atoms with Gasteiger partial charge in [0.1, 0.15) is 5.82 Å². The van der Waals surface area contributed by atoms with Crippen LogP contribution in [0.3, 0.4) is 0 Å². The lowest BCUT2D eigenvalue weighted by Gasteiger charge is -2.21. The minimum absolute atomic E-state index is 0. The number of nitrogens with one attached hydrogen (secondary N) is 1. The van der Waals surface area contributed by atoms with Crippen molar-refractivity contribution < 1.29 is 13.9 Å². The summed E-state index contributed by atoms with van der Waals surface area (Å²) in [7, 11) is 3.15. The molecule has 5 nitrogen and oxygen atoms in total. The highest BCUT2D eigenvalue weighted by atomic mass is 127. The molecule has 8 heteroatoms. The third-order valence-corrected chi connectivity index (χ3v) is 5.16. The highest BCUT2D eigenvalue weighted by Gasteiger charge is 2.36. The summed E-state index contributed by atoms with van der Waals surface area (Å²) in [6, 6.07) is 6.76. The fraction of sp³-hybridized carbons (Fsp3) is 0.529. The maximum absolute atomic E-state index is 13.6. The van der Waals surface area contributed by atoms with Gasteiger partial charge in [0.25, 0.3) is 0 Å². The van der Waals surface area contributed by atoms with Crippen molar-refractivity contribution in [3.63, 3.8) is 0 Å². The predicted octanol–water partition coefficient (Wildman–Crippen LogP) is 2.85. The van der Waals surface area contributed by atoms with Gasteiger partial charge in [-0.1, -0.05) is 19.1 Å². The van der Waals surface area contributed by atoms with Crippen molar-refractivity contribution in [3.8, 4) is 0 Å². The molecule has 1 heterocycles. The fourth-order valence-electron chi connectivity index (χ4n) is 2.82. The number of guanidine groups is 1. The molecule has 0 amide bonds. The van der Waals surface area contributed by atoms with Crippen LogP contribution in [-0.4, -0.2) is 56.4 Å². The lowest BCUT2D eigenvalue weighted by atomic mass is 9.99. The number of carbonyl (C=O) groups is 1. The second kappa shape index (κ2) is 10.8. The summed E-state index contributed by atoms with van der Waals surface area (Å²) in [6.45, 7) is 4.08. The van der Waals surface area contributed by atoms with Crippen molar-refractivity contribution in [1.82, 2.24) is 10.2 Å². The monoisotopic (exact) mass is 481 g/mol. The minimum atomic E-state index is -0.193. The zero-order valence-corrected chi connectivity index (χ0v) is 17.8.